The zero-order valence-electron chi connectivity index (χ0n) is 13.3. The number of fused-ring (bicyclic) bond motifs is 1. The van der Waals surface area contributed by atoms with Crippen LogP contribution in [0.2, 0.25) is 0 Å². The van der Waals surface area contributed by atoms with Crippen LogP contribution < -0.4 is 4.74 Å². The van der Waals surface area contributed by atoms with Crippen molar-refractivity contribution in [2.45, 2.75) is 6.04 Å². The van der Waals surface area contributed by atoms with Gasteiger partial charge in [0.2, 0.25) is 5.88 Å². The van der Waals surface area contributed by atoms with Crippen molar-refractivity contribution in [1.29, 1.82) is 0 Å². The molecule has 0 saturated carbocycles. The van der Waals surface area contributed by atoms with Crippen LogP contribution in [0.15, 0.2) is 35.1 Å². The lowest BCUT2D eigenvalue weighted by molar-refractivity contribution is 0.0501. The molecule has 1 fully saturated rings. The molecule has 124 valence electrons. The van der Waals surface area contributed by atoms with Crippen LogP contribution >= 0.6 is 15.9 Å². The molecule has 1 aliphatic heterocycles. The van der Waals surface area contributed by atoms with E-state index in [1.54, 1.807) is 18.0 Å². The van der Waals surface area contributed by atoms with E-state index in [-0.39, 0.29) is 11.9 Å². The fourth-order valence-corrected chi connectivity index (χ4v) is 3.34. The number of nitrogens with zero attached hydrogens (tertiary/aromatic N) is 5. The van der Waals surface area contributed by atoms with Crippen molar-refractivity contribution in [2.75, 3.05) is 20.2 Å². The topological polar surface area (TPSA) is 65.2 Å². The van der Waals surface area contributed by atoms with E-state index in [0.717, 1.165) is 15.4 Å². The summed E-state index contributed by atoms with van der Waals surface area (Å²) in [6.45, 7) is 1.33. The summed E-state index contributed by atoms with van der Waals surface area (Å²) >= 11 is 3.39. The number of aryl methyl sites for hydroxylation is 1. The number of rotatable bonds is 3. The van der Waals surface area contributed by atoms with Crippen LogP contribution in [-0.4, -0.2) is 50.6 Å². The van der Waals surface area contributed by atoms with E-state index in [9.17, 15) is 4.79 Å². The first-order valence-electron chi connectivity index (χ1n) is 7.56. The maximum atomic E-state index is 12.6. The molecule has 24 heavy (non-hydrogen) atoms. The van der Waals surface area contributed by atoms with Gasteiger partial charge in [-0.1, -0.05) is 0 Å². The largest absolute Gasteiger partial charge is 0.481 e. The molecular weight excluding hydrogens is 374 g/mol. The predicted octanol–water partition coefficient (Wildman–Crippen LogP) is 2.24. The zero-order valence-corrected chi connectivity index (χ0v) is 14.9. The number of methoxy groups -OCH3 is 1. The summed E-state index contributed by atoms with van der Waals surface area (Å²) in [5, 5.41) is 9.57. The molecule has 2 aromatic heterocycles. The van der Waals surface area contributed by atoms with Gasteiger partial charge in [0.05, 0.1) is 34.7 Å². The fraction of sp³-hybridized carbons (Fsp3) is 0.312. The van der Waals surface area contributed by atoms with Crippen molar-refractivity contribution in [3.8, 4) is 5.88 Å². The van der Waals surface area contributed by atoms with E-state index >= 15 is 0 Å². The maximum absolute atomic E-state index is 12.6. The third-order valence-electron chi connectivity index (χ3n) is 4.31. The summed E-state index contributed by atoms with van der Waals surface area (Å²) in [6, 6.07) is 5.76. The molecule has 1 amide bonds. The minimum Gasteiger partial charge on any atom is -0.481 e. The number of hydrogen-bond donors (Lipinski definition) is 0. The molecule has 0 atom stereocenters. The standard InChI is InChI=1S/C16H16BrN5O2/c1-20-16(24-2)13-4-3-10(5-14(13)19-20)15(23)21-8-12(9-21)22-7-11(17)6-18-22/h3-7,12H,8-9H2,1-2H3. The second kappa shape index (κ2) is 5.62. The number of hydrogen-bond acceptors (Lipinski definition) is 4. The van der Waals surface area contributed by atoms with Crippen molar-refractivity contribution < 1.29 is 9.53 Å². The van der Waals surface area contributed by atoms with E-state index in [1.165, 1.54) is 0 Å². The number of carbonyl (C=O) groups excluding carboxylic acids is 1. The van der Waals surface area contributed by atoms with E-state index in [1.807, 2.05) is 41.0 Å². The second-order valence-corrected chi connectivity index (χ2v) is 6.78. The number of carbonyl (C=O) groups is 1. The molecule has 0 unspecified atom stereocenters. The molecule has 8 heteroatoms. The van der Waals surface area contributed by atoms with E-state index < -0.39 is 0 Å². The third kappa shape index (κ3) is 2.37. The molecule has 0 radical (unpaired) electrons. The molecule has 0 bridgehead atoms. The van der Waals surface area contributed by atoms with Gasteiger partial charge in [-0.15, -0.1) is 0 Å². The molecule has 4 rings (SSSR count). The number of likely N-dealkylation sites (tertiary alicyclic amines) is 1. The SMILES string of the molecule is COc1c2ccc(C(=O)N3CC(n4cc(Br)cn4)C3)cc2nn1C. The van der Waals surface area contributed by atoms with Gasteiger partial charge in [-0.05, 0) is 34.1 Å². The Morgan fingerprint density at radius 1 is 1.38 bits per heavy atom. The van der Waals surface area contributed by atoms with Crippen LogP contribution in [0.25, 0.3) is 10.9 Å². The Labute approximate surface area is 146 Å². The zero-order chi connectivity index (χ0) is 16.8. The van der Waals surface area contributed by atoms with Crippen molar-refractivity contribution in [1.82, 2.24) is 24.5 Å². The number of amides is 1. The first-order chi connectivity index (χ1) is 11.6. The van der Waals surface area contributed by atoms with Crippen LogP contribution in [0, 0.1) is 0 Å². The lowest BCUT2D eigenvalue weighted by atomic mass is 10.1. The van der Waals surface area contributed by atoms with Gasteiger partial charge >= 0.3 is 0 Å². The highest BCUT2D eigenvalue weighted by Crippen LogP contribution is 2.28. The van der Waals surface area contributed by atoms with Crippen molar-refractivity contribution in [2.24, 2.45) is 7.05 Å². The van der Waals surface area contributed by atoms with Crippen LogP contribution in [-0.2, 0) is 7.05 Å². The maximum Gasteiger partial charge on any atom is 0.254 e. The quantitative estimate of drug-likeness (QED) is 0.688. The predicted molar refractivity (Wildman–Crippen MR) is 92.1 cm³/mol. The van der Waals surface area contributed by atoms with Gasteiger partial charge in [0.1, 0.15) is 0 Å². The van der Waals surface area contributed by atoms with Gasteiger partial charge in [-0.3, -0.25) is 9.48 Å². The Kier molecular flexibility index (Phi) is 3.56. The van der Waals surface area contributed by atoms with Crippen molar-refractivity contribution >= 4 is 32.7 Å². The average Bonchev–Trinajstić information content (AvgIpc) is 3.07. The molecule has 3 heterocycles. The molecule has 1 saturated heterocycles. The molecular formula is C16H16BrN5O2. The van der Waals surface area contributed by atoms with Gasteiger partial charge in [-0.2, -0.15) is 10.2 Å². The van der Waals surface area contributed by atoms with Crippen LogP contribution in [0.1, 0.15) is 16.4 Å². The first kappa shape index (κ1) is 15.2. The van der Waals surface area contributed by atoms with Gasteiger partial charge in [-0.25, -0.2) is 4.68 Å². The van der Waals surface area contributed by atoms with Crippen LogP contribution in [0.5, 0.6) is 5.88 Å². The number of aromatic nitrogens is 4. The normalized spacial score (nSPS) is 14.9. The molecule has 1 aromatic carbocycles. The minimum absolute atomic E-state index is 0.0176. The minimum atomic E-state index is 0.0176. The number of ether oxygens (including phenoxy) is 1. The Balaban J connectivity index is 1.52. The smallest absolute Gasteiger partial charge is 0.254 e. The highest BCUT2D eigenvalue weighted by molar-refractivity contribution is 9.10. The summed E-state index contributed by atoms with van der Waals surface area (Å²) < 4.78 is 9.85. The highest BCUT2D eigenvalue weighted by Gasteiger charge is 2.33. The fourth-order valence-electron chi connectivity index (χ4n) is 3.04. The van der Waals surface area contributed by atoms with E-state index in [2.05, 4.69) is 26.1 Å². The number of benzene rings is 1. The Morgan fingerprint density at radius 2 is 2.17 bits per heavy atom. The molecule has 0 aliphatic carbocycles. The summed E-state index contributed by atoms with van der Waals surface area (Å²) in [6.07, 6.45) is 3.69. The Morgan fingerprint density at radius 3 is 2.83 bits per heavy atom. The van der Waals surface area contributed by atoms with Crippen molar-refractivity contribution in [3.63, 3.8) is 0 Å². The summed E-state index contributed by atoms with van der Waals surface area (Å²) in [7, 11) is 3.44. The summed E-state index contributed by atoms with van der Waals surface area (Å²) in [5.41, 5.74) is 1.40. The Hall–Kier alpha value is -2.35. The van der Waals surface area contributed by atoms with Gasteiger partial charge < -0.3 is 9.64 Å². The summed E-state index contributed by atoms with van der Waals surface area (Å²) in [5.74, 6) is 0.710. The van der Waals surface area contributed by atoms with E-state index in [4.69, 9.17) is 4.74 Å². The Bertz CT molecular complexity index is 926. The van der Waals surface area contributed by atoms with Crippen LogP contribution in [0.4, 0.5) is 0 Å². The average molecular weight is 390 g/mol. The molecule has 7 nitrogen and oxygen atoms in total. The first-order valence-corrected chi connectivity index (χ1v) is 8.36. The van der Waals surface area contributed by atoms with Crippen LogP contribution in [0.3, 0.4) is 0 Å². The molecule has 3 aromatic rings. The molecule has 0 N–H and O–H groups in total. The van der Waals surface area contributed by atoms with E-state index in [0.29, 0.717) is 24.5 Å². The molecule has 1 aliphatic rings. The van der Waals surface area contributed by atoms with Gasteiger partial charge in [0.25, 0.3) is 5.91 Å². The highest BCUT2D eigenvalue weighted by atomic mass is 79.9. The van der Waals surface area contributed by atoms with Gasteiger partial charge in [0.15, 0.2) is 0 Å². The van der Waals surface area contributed by atoms with Crippen molar-refractivity contribution in [3.05, 3.63) is 40.6 Å². The number of halogens is 1. The lowest BCUT2D eigenvalue weighted by Crippen LogP contribution is -2.50. The third-order valence-corrected chi connectivity index (χ3v) is 4.72. The second-order valence-electron chi connectivity index (χ2n) is 5.87. The monoisotopic (exact) mass is 389 g/mol. The molecule has 0 spiro atoms. The lowest BCUT2D eigenvalue weighted by Gasteiger charge is -2.39. The van der Waals surface area contributed by atoms with Gasteiger partial charge in [0, 0.05) is 31.9 Å². The summed E-state index contributed by atoms with van der Waals surface area (Å²) in [4.78, 5) is 14.5.